The molecule has 1 N–H and O–H groups in total. The minimum atomic E-state index is -1.43. The van der Waals surface area contributed by atoms with Crippen molar-refractivity contribution in [2.45, 2.75) is 11.4 Å². The maximum absolute atomic E-state index is 12.9. The van der Waals surface area contributed by atoms with E-state index in [9.17, 15) is 9.00 Å². The van der Waals surface area contributed by atoms with Crippen molar-refractivity contribution in [1.29, 1.82) is 0 Å². The lowest BCUT2D eigenvalue weighted by Crippen LogP contribution is -2.23. The lowest BCUT2D eigenvalue weighted by molar-refractivity contribution is 0.0957. The van der Waals surface area contributed by atoms with Crippen molar-refractivity contribution in [2.75, 3.05) is 11.4 Å². The maximum atomic E-state index is 12.9. The fourth-order valence-corrected chi connectivity index (χ4v) is 4.18. The van der Waals surface area contributed by atoms with E-state index in [1.54, 1.807) is 28.6 Å². The molecule has 3 aromatic rings. The average Bonchev–Trinajstić information content (AvgIpc) is 3.06. The number of carbonyl (C=O) groups excluding carboxylic acids is 1. The molecule has 4 rings (SSSR count). The van der Waals surface area contributed by atoms with Gasteiger partial charge < -0.3 is 10.1 Å². The lowest BCUT2D eigenvalue weighted by Gasteiger charge is -2.16. The number of halogens is 1. The van der Waals surface area contributed by atoms with Crippen molar-refractivity contribution in [3.63, 3.8) is 0 Å². The van der Waals surface area contributed by atoms with Gasteiger partial charge in [0.25, 0.3) is 5.91 Å². The molecule has 1 aliphatic heterocycles. The van der Waals surface area contributed by atoms with Crippen LogP contribution in [0.5, 0.6) is 11.8 Å². The highest BCUT2D eigenvalue weighted by molar-refractivity contribution is 7.86. The van der Waals surface area contributed by atoms with Gasteiger partial charge in [-0.05, 0) is 35.9 Å². The first-order valence-corrected chi connectivity index (χ1v) is 9.85. The van der Waals surface area contributed by atoms with Crippen LogP contribution in [0.3, 0.4) is 0 Å². The van der Waals surface area contributed by atoms with E-state index in [-0.39, 0.29) is 11.7 Å². The monoisotopic (exact) mass is 414 g/mol. The van der Waals surface area contributed by atoms with E-state index in [0.29, 0.717) is 23.1 Å². The Morgan fingerprint density at radius 1 is 1.18 bits per heavy atom. The fraction of sp³-hybridized carbons (Fsp3) is 0.105. The van der Waals surface area contributed by atoms with Crippen molar-refractivity contribution in [3.8, 4) is 11.8 Å². The summed E-state index contributed by atoms with van der Waals surface area (Å²) >= 11 is 5.89. The molecule has 7 nitrogen and oxygen atoms in total. The van der Waals surface area contributed by atoms with Crippen LogP contribution in [-0.2, 0) is 17.5 Å². The molecule has 0 bridgehead atoms. The largest absolute Gasteiger partial charge is 0.424 e. The molecular weight excluding hydrogens is 400 g/mol. The summed E-state index contributed by atoms with van der Waals surface area (Å²) in [6.45, 7) is 0.410. The summed E-state index contributed by atoms with van der Waals surface area (Å²) in [5, 5.41) is 3.10. The van der Waals surface area contributed by atoms with Gasteiger partial charge in [0.1, 0.15) is 17.3 Å². The number of amides is 1. The Hall–Kier alpha value is -2.97. The smallest absolute Gasteiger partial charge is 0.324 e. The van der Waals surface area contributed by atoms with Gasteiger partial charge in [0.15, 0.2) is 11.0 Å². The number of aromatic nitrogens is 2. The Balaban J connectivity index is 1.72. The van der Waals surface area contributed by atoms with Crippen LogP contribution in [0.25, 0.3) is 0 Å². The molecule has 0 fully saturated rings. The number of nitrogens with zero attached hydrogens (tertiary/aromatic N) is 3. The van der Waals surface area contributed by atoms with Crippen LogP contribution in [0.1, 0.15) is 16.1 Å². The zero-order valence-corrected chi connectivity index (χ0v) is 16.3. The highest BCUT2D eigenvalue weighted by Crippen LogP contribution is 2.32. The van der Waals surface area contributed by atoms with Crippen LogP contribution < -0.4 is 14.4 Å². The topological polar surface area (TPSA) is 84.4 Å². The van der Waals surface area contributed by atoms with Crippen molar-refractivity contribution in [2.24, 2.45) is 0 Å². The summed E-state index contributed by atoms with van der Waals surface area (Å²) in [6.07, 6.45) is 0. The van der Waals surface area contributed by atoms with Gasteiger partial charge in [-0.25, -0.2) is 4.21 Å². The molecule has 1 amide bonds. The molecule has 0 radical (unpaired) electrons. The van der Waals surface area contributed by atoms with Crippen LogP contribution in [0.4, 0.5) is 5.82 Å². The van der Waals surface area contributed by atoms with Crippen LogP contribution in [0.15, 0.2) is 59.5 Å². The maximum Gasteiger partial charge on any atom is 0.324 e. The molecule has 142 valence electrons. The highest BCUT2D eigenvalue weighted by Gasteiger charge is 2.29. The number of nitrogens with one attached hydrogen (secondary N) is 1. The van der Waals surface area contributed by atoms with E-state index in [2.05, 4.69) is 15.3 Å². The van der Waals surface area contributed by atoms with Gasteiger partial charge in [0.2, 0.25) is 0 Å². The second-order valence-corrected chi connectivity index (χ2v) is 7.74. The third kappa shape index (κ3) is 3.56. The van der Waals surface area contributed by atoms with Gasteiger partial charge in [-0.3, -0.25) is 9.10 Å². The van der Waals surface area contributed by atoms with Crippen molar-refractivity contribution < 1.29 is 13.7 Å². The van der Waals surface area contributed by atoms with Crippen molar-refractivity contribution in [3.05, 3.63) is 70.9 Å². The second kappa shape index (κ2) is 7.57. The quantitative estimate of drug-likeness (QED) is 0.707. The first-order chi connectivity index (χ1) is 13.5. The fourth-order valence-electron chi connectivity index (χ4n) is 2.74. The summed E-state index contributed by atoms with van der Waals surface area (Å²) in [6, 6.07) is 15.6. The molecule has 0 saturated heterocycles. The van der Waals surface area contributed by atoms with Crippen LogP contribution in [0, 0.1) is 0 Å². The molecule has 0 saturated carbocycles. The zero-order valence-electron chi connectivity index (χ0n) is 14.8. The number of benzene rings is 2. The molecule has 28 heavy (non-hydrogen) atoms. The summed E-state index contributed by atoms with van der Waals surface area (Å²) in [4.78, 5) is 21.4. The van der Waals surface area contributed by atoms with Gasteiger partial charge in [0.05, 0.1) is 11.4 Å². The van der Waals surface area contributed by atoms with Gasteiger partial charge in [-0.2, -0.15) is 9.97 Å². The van der Waals surface area contributed by atoms with Crippen molar-refractivity contribution >= 4 is 34.3 Å². The Morgan fingerprint density at radius 3 is 2.64 bits per heavy atom. The van der Waals surface area contributed by atoms with E-state index in [4.69, 9.17) is 16.3 Å². The number of hydrogen-bond donors (Lipinski definition) is 1. The number of ether oxygens (including phenoxy) is 1. The second-order valence-electron chi connectivity index (χ2n) is 5.92. The molecule has 1 atom stereocenters. The molecule has 2 aromatic carbocycles. The molecule has 1 unspecified atom stereocenters. The summed E-state index contributed by atoms with van der Waals surface area (Å²) in [5.74, 6) is 0.412. The Kier molecular flexibility index (Phi) is 4.97. The predicted molar refractivity (Wildman–Crippen MR) is 106 cm³/mol. The van der Waals surface area contributed by atoms with Gasteiger partial charge in [-0.1, -0.05) is 29.8 Å². The average molecular weight is 415 g/mol. The van der Waals surface area contributed by atoms with Crippen LogP contribution in [-0.4, -0.2) is 27.1 Å². The summed E-state index contributed by atoms with van der Waals surface area (Å²) < 4.78 is 20.2. The number of rotatable bonds is 4. The Morgan fingerprint density at radius 2 is 1.93 bits per heavy atom. The number of anilines is 1. The van der Waals surface area contributed by atoms with E-state index < -0.39 is 16.9 Å². The van der Waals surface area contributed by atoms with Crippen molar-refractivity contribution in [1.82, 2.24) is 15.3 Å². The van der Waals surface area contributed by atoms with E-state index in [0.717, 1.165) is 10.5 Å². The third-order valence-corrected chi connectivity index (χ3v) is 5.85. The SMILES string of the molecule is CNC(=O)c1cc(N2Cc3ccccc3S2=O)nc(Oc2ccc(Cl)cc2)n1. The molecule has 0 aliphatic carbocycles. The summed E-state index contributed by atoms with van der Waals surface area (Å²) in [5.41, 5.74) is 1.06. The summed E-state index contributed by atoms with van der Waals surface area (Å²) in [7, 11) is 0.0782. The van der Waals surface area contributed by atoms with Crippen LogP contribution in [0.2, 0.25) is 5.02 Å². The van der Waals surface area contributed by atoms with Gasteiger partial charge in [-0.15, -0.1) is 0 Å². The van der Waals surface area contributed by atoms with Crippen LogP contribution >= 0.6 is 11.6 Å². The number of carbonyl (C=O) groups is 1. The normalized spacial score (nSPS) is 15.2. The first kappa shape index (κ1) is 18.4. The Labute approximate surface area is 168 Å². The molecule has 0 spiro atoms. The molecule has 2 heterocycles. The van der Waals surface area contributed by atoms with Gasteiger partial charge >= 0.3 is 6.01 Å². The Bertz CT molecular complexity index is 1080. The predicted octanol–water partition coefficient (Wildman–Crippen LogP) is 3.32. The highest BCUT2D eigenvalue weighted by atomic mass is 35.5. The zero-order chi connectivity index (χ0) is 19.7. The van der Waals surface area contributed by atoms with E-state index in [1.807, 2.05) is 24.3 Å². The minimum Gasteiger partial charge on any atom is -0.424 e. The molecule has 1 aliphatic rings. The van der Waals surface area contributed by atoms with E-state index >= 15 is 0 Å². The minimum absolute atomic E-state index is 0.0219. The standard InChI is InChI=1S/C19H15ClN4O3S/c1-21-18(25)15-10-17(24-11-12-4-2-3-5-16(12)28(24)26)23-19(22-15)27-14-8-6-13(20)7-9-14/h2-10H,11H2,1H3,(H,21,25). The number of fused-ring (bicyclic) bond motifs is 1. The lowest BCUT2D eigenvalue weighted by atomic mass is 10.2. The number of hydrogen-bond acceptors (Lipinski definition) is 5. The molecular formula is C19H15ClN4O3S. The van der Waals surface area contributed by atoms with E-state index in [1.165, 1.54) is 13.1 Å². The molecule has 1 aromatic heterocycles. The first-order valence-electron chi connectivity index (χ1n) is 8.37. The van der Waals surface area contributed by atoms with Gasteiger partial charge in [0, 0.05) is 18.1 Å². The molecule has 9 heteroatoms. The third-order valence-electron chi connectivity index (χ3n) is 4.10.